The molecule has 0 saturated carbocycles. The van der Waals surface area contributed by atoms with Crippen LogP contribution in [0.4, 0.5) is 5.82 Å². The van der Waals surface area contributed by atoms with Crippen molar-refractivity contribution in [3.8, 4) is 0 Å². The standard InChI is InChI=1S/C9H11N3O3/c1-3-10-9(13)7-4-6(2)8(11-5-7)12(14)15/h4-5H,3H2,1-2H3,(H,10,13). The van der Waals surface area contributed by atoms with Gasteiger partial charge in [0.1, 0.15) is 0 Å². The number of hydrogen-bond acceptors (Lipinski definition) is 4. The molecule has 0 unspecified atom stereocenters. The average Bonchev–Trinajstić information content (AvgIpc) is 2.17. The fraction of sp³-hybridized carbons (Fsp3) is 0.333. The van der Waals surface area contributed by atoms with Crippen LogP contribution in [0.3, 0.4) is 0 Å². The summed E-state index contributed by atoms with van der Waals surface area (Å²) in [4.78, 5) is 24.9. The maximum absolute atomic E-state index is 11.4. The lowest BCUT2D eigenvalue weighted by Crippen LogP contribution is -2.22. The fourth-order valence-corrected chi connectivity index (χ4v) is 1.15. The van der Waals surface area contributed by atoms with Crippen LogP contribution in [0.15, 0.2) is 12.3 Å². The van der Waals surface area contributed by atoms with Crippen LogP contribution in [0.5, 0.6) is 0 Å². The van der Waals surface area contributed by atoms with Gasteiger partial charge >= 0.3 is 5.82 Å². The van der Waals surface area contributed by atoms with Crippen molar-refractivity contribution in [2.24, 2.45) is 0 Å². The first-order chi connectivity index (χ1) is 7.06. The van der Waals surface area contributed by atoms with E-state index < -0.39 is 4.92 Å². The Morgan fingerprint density at radius 2 is 2.33 bits per heavy atom. The maximum Gasteiger partial charge on any atom is 0.366 e. The van der Waals surface area contributed by atoms with Crippen LogP contribution in [0.1, 0.15) is 22.8 Å². The highest BCUT2D eigenvalue weighted by atomic mass is 16.6. The number of pyridine rings is 1. The first kappa shape index (κ1) is 11.1. The van der Waals surface area contributed by atoms with Crippen LogP contribution in [-0.2, 0) is 0 Å². The van der Waals surface area contributed by atoms with Crippen LogP contribution < -0.4 is 5.32 Å². The van der Waals surface area contributed by atoms with E-state index in [4.69, 9.17) is 0 Å². The fourth-order valence-electron chi connectivity index (χ4n) is 1.15. The Labute approximate surface area is 86.5 Å². The zero-order valence-corrected chi connectivity index (χ0v) is 8.48. The minimum absolute atomic E-state index is 0.219. The van der Waals surface area contributed by atoms with Gasteiger partial charge < -0.3 is 15.4 Å². The first-order valence-electron chi connectivity index (χ1n) is 4.45. The summed E-state index contributed by atoms with van der Waals surface area (Å²) in [5, 5.41) is 13.1. The van der Waals surface area contributed by atoms with Crippen LogP contribution in [-0.4, -0.2) is 22.4 Å². The lowest BCUT2D eigenvalue weighted by atomic mass is 10.2. The molecule has 0 bridgehead atoms. The molecule has 1 rings (SSSR count). The van der Waals surface area contributed by atoms with Crippen molar-refractivity contribution in [3.05, 3.63) is 33.5 Å². The Morgan fingerprint density at radius 1 is 1.67 bits per heavy atom. The predicted octanol–water partition coefficient (Wildman–Crippen LogP) is 1.05. The zero-order chi connectivity index (χ0) is 11.4. The Balaban J connectivity index is 3.01. The second kappa shape index (κ2) is 4.50. The predicted molar refractivity (Wildman–Crippen MR) is 53.6 cm³/mol. The minimum atomic E-state index is -0.573. The number of nitrogens with zero attached hydrogens (tertiary/aromatic N) is 2. The van der Waals surface area contributed by atoms with E-state index in [9.17, 15) is 14.9 Å². The number of nitrogens with one attached hydrogen (secondary N) is 1. The first-order valence-corrected chi connectivity index (χ1v) is 4.45. The highest BCUT2D eigenvalue weighted by Crippen LogP contribution is 2.14. The summed E-state index contributed by atoms with van der Waals surface area (Å²) in [7, 11) is 0. The molecular formula is C9H11N3O3. The zero-order valence-electron chi connectivity index (χ0n) is 8.48. The summed E-state index contributed by atoms with van der Waals surface area (Å²) in [6.45, 7) is 3.85. The monoisotopic (exact) mass is 209 g/mol. The van der Waals surface area contributed by atoms with E-state index in [-0.39, 0.29) is 11.7 Å². The van der Waals surface area contributed by atoms with E-state index >= 15 is 0 Å². The van der Waals surface area contributed by atoms with E-state index in [1.165, 1.54) is 12.3 Å². The summed E-state index contributed by atoms with van der Waals surface area (Å²) in [5.41, 5.74) is 0.712. The van der Waals surface area contributed by atoms with Gasteiger partial charge in [-0.1, -0.05) is 0 Å². The summed E-state index contributed by atoms with van der Waals surface area (Å²) in [6, 6.07) is 1.45. The lowest BCUT2D eigenvalue weighted by molar-refractivity contribution is -0.390. The molecule has 1 heterocycles. The summed E-state index contributed by atoms with van der Waals surface area (Å²) in [6.07, 6.45) is 1.20. The van der Waals surface area contributed by atoms with Crippen molar-refractivity contribution in [3.63, 3.8) is 0 Å². The van der Waals surface area contributed by atoms with E-state index in [2.05, 4.69) is 10.3 Å². The number of amides is 1. The van der Waals surface area contributed by atoms with Crippen LogP contribution >= 0.6 is 0 Å². The molecule has 80 valence electrons. The molecule has 0 spiro atoms. The van der Waals surface area contributed by atoms with Gasteiger partial charge in [0.25, 0.3) is 5.91 Å². The number of carbonyl (C=O) groups excluding carboxylic acids is 1. The van der Waals surface area contributed by atoms with Gasteiger partial charge in [-0.25, -0.2) is 0 Å². The van der Waals surface area contributed by atoms with Crippen LogP contribution in [0, 0.1) is 17.0 Å². The third-order valence-electron chi connectivity index (χ3n) is 1.82. The number of hydrogen-bond donors (Lipinski definition) is 1. The van der Waals surface area contributed by atoms with Crippen molar-refractivity contribution in [1.29, 1.82) is 0 Å². The summed E-state index contributed by atoms with van der Waals surface area (Å²) >= 11 is 0. The molecule has 1 aromatic rings. The van der Waals surface area contributed by atoms with Crippen LogP contribution in [0.25, 0.3) is 0 Å². The second-order valence-electron chi connectivity index (χ2n) is 2.98. The van der Waals surface area contributed by atoms with Crippen molar-refractivity contribution in [2.75, 3.05) is 6.54 Å². The number of nitro groups is 1. The molecule has 6 heteroatoms. The number of carbonyl (C=O) groups is 1. The molecule has 0 aliphatic rings. The molecule has 1 N–H and O–H groups in total. The SMILES string of the molecule is CCNC(=O)c1cnc([N+](=O)[O-])c(C)c1. The van der Waals surface area contributed by atoms with Gasteiger partial charge in [-0.05, 0) is 29.8 Å². The third-order valence-corrected chi connectivity index (χ3v) is 1.82. The van der Waals surface area contributed by atoms with E-state index in [1.807, 2.05) is 0 Å². The number of aryl methyl sites for hydroxylation is 1. The van der Waals surface area contributed by atoms with Gasteiger partial charge in [0.15, 0.2) is 6.20 Å². The number of rotatable bonds is 3. The number of aromatic nitrogens is 1. The van der Waals surface area contributed by atoms with E-state index in [0.29, 0.717) is 17.7 Å². The van der Waals surface area contributed by atoms with Crippen molar-refractivity contribution < 1.29 is 9.72 Å². The highest BCUT2D eigenvalue weighted by molar-refractivity contribution is 5.94. The smallest absolute Gasteiger partial charge is 0.358 e. The largest absolute Gasteiger partial charge is 0.366 e. The van der Waals surface area contributed by atoms with E-state index in [1.54, 1.807) is 13.8 Å². The average molecular weight is 209 g/mol. The molecule has 0 aromatic carbocycles. The van der Waals surface area contributed by atoms with Gasteiger partial charge in [-0.3, -0.25) is 4.79 Å². The minimum Gasteiger partial charge on any atom is -0.358 e. The molecule has 1 aromatic heterocycles. The molecule has 0 radical (unpaired) electrons. The summed E-state index contributed by atoms with van der Waals surface area (Å²) in [5.74, 6) is -0.494. The molecule has 0 atom stereocenters. The normalized spacial score (nSPS) is 9.73. The molecule has 15 heavy (non-hydrogen) atoms. The van der Waals surface area contributed by atoms with Gasteiger partial charge in [-0.15, -0.1) is 0 Å². The molecule has 0 aliphatic heterocycles. The molecule has 6 nitrogen and oxygen atoms in total. The lowest BCUT2D eigenvalue weighted by Gasteiger charge is -2.01. The van der Waals surface area contributed by atoms with Crippen molar-refractivity contribution in [1.82, 2.24) is 10.3 Å². The van der Waals surface area contributed by atoms with Crippen molar-refractivity contribution in [2.45, 2.75) is 13.8 Å². The quantitative estimate of drug-likeness (QED) is 0.595. The third kappa shape index (κ3) is 2.49. The summed E-state index contributed by atoms with van der Waals surface area (Å²) < 4.78 is 0. The second-order valence-corrected chi connectivity index (χ2v) is 2.98. The van der Waals surface area contributed by atoms with E-state index in [0.717, 1.165) is 0 Å². The Morgan fingerprint density at radius 3 is 2.80 bits per heavy atom. The Hall–Kier alpha value is -1.98. The molecular weight excluding hydrogens is 198 g/mol. The topological polar surface area (TPSA) is 85.1 Å². The molecule has 0 aliphatic carbocycles. The van der Waals surface area contributed by atoms with Crippen molar-refractivity contribution >= 4 is 11.7 Å². The van der Waals surface area contributed by atoms with Gasteiger partial charge in [0.2, 0.25) is 0 Å². The Bertz CT molecular complexity index is 404. The molecule has 0 saturated heterocycles. The van der Waals surface area contributed by atoms with Gasteiger partial charge in [-0.2, -0.15) is 0 Å². The van der Waals surface area contributed by atoms with Gasteiger partial charge in [0, 0.05) is 12.1 Å². The highest BCUT2D eigenvalue weighted by Gasteiger charge is 2.15. The molecule has 1 amide bonds. The van der Waals surface area contributed by atoms with Gasteiger partial charge in [0.05, 0.1) is 5.56 Å². The molecule has 0 fully saturated rings. The Kier molecular flexibility index (Phi) is 3.33. The maximum atomic E-state index is 11.4. The van der Waals surface area contributed by atoms with Crippen LogP contribution in [0.2, 0.25) is 0 Å².